The SMILES string of the molecule is Cn1c(N[C@@H]2CCN(c3ccccc3)C2)nc2c1c(=O)[nH]c(=O)n2C. The fraction of sp³-hybridized carbons (Fsp3) is 0.353. The van der Waals surface area contributed by atoms with Crippen molar-refractivity contribution in [3.63, 3.8) is 0 Å². The first-order valence-corrected chi connectivity index (χ1v) is 8.27. The maximum atomic E-state index is 12.1. The minimum absolute atomic E-state index is 0.229. The lowest BCUT2D eigenvalue weighted by Gasteiger charge is -2.19. The molecule has 1 aromatic carbocycles. The molecule has 0 amide bonds. The number of anilines is 2. The second kappa shape index (κ2) is 5.80. The number of para-hydroxylation sites is 1. The van der Waals surface area contributed by atoms with Gasteiger partial charge in [-0.25, -0.2) is 4.79 Å². The van der Waals surface area contributed by atoms with Crippen molar-refractivity contribution in [2.75, 3.05) is 23.3 Å². The molecule has 0 saturated carbocycles. The second-order valence-corrected chi connectivity index (χ2v) is 6.40. The van der Waals surface area contributed by atoms with Gasteiger partial charge in [0.05, 0.1) is 0 Å². The van der Waals surface area contributed by atoms with Crippen molar-refractivity contribution in [1.29, 1.82) is 0 Å². The predicted octanol–water partition coefficient (Wildman–Crippen LogP) is 0.651. The van der Waals surface area contributed by atoms with Gasteiger partial charge < -0.3 is 14.8 Å². The number of aromatic nitrogens is 4. The van der Waals surface area contributed by atoms with Crippen LogP contribution in [-0.2, 0) is 14.1 Å². The quantitative estimate of drug-likeness (QED) is 0.731. The number of imidazole rings is 1. The molecule has 1 aliphatic rings. The molecule has 0 unspecified atom stereocenters. The summed E-state index contributed by atoms with van der Waals surface area (Å²) in [6, 6.07) is 10.5. The van der Waals surface area contributed by atoms with Crippen LogP contribution < -0.4 is 21.5 Å². The van der Waals surface area contributed by atoms with Crippen LogP contribution in [0, 0.1) is 0 Å². The molecule has 130 valence electrons. The summed E-state index contributed by atoms with van der Waals surface area (Å²) in [6.07, 6.45) is 0.980. The summed E-state index contributed by atoms with van der Waals surface area (Å²) >= 11 is 0. The highest BCUT2D eigenvalue weighted by molar-refractivity contribution is 5.74. The third-order valence-electron chi connectivity index (χ3n) is 4.78. The van der Waals surface area contributed by atoms with Gasteiger partial charge >= 0.3 is 5.69 Å². The normalized spacial score (nSPS) is 17.4. The number of rotatable bonds is 3. The van der Waals surface area contributed by atoms with Gasteiger partial charge in [-0.1, -0.05) is 18.2 Å². The van der Waals surface area contributed by atoms with Gasteiger partial charge in [0.15, 0.2) is 11.2 Å². The summed E-state index contributed by atoms with van der Waals surface area (Å²) in [7, 11) is 3.38. The monoisotopic (exact) mass is 340 g/mol. The van der Waals surface area contributed by atoms with Gasteiger partial charge in [-0.15, -0.1) is 0 Å². The lowest BCUT2D eigenvalue weighted by Crippen LogP contribution is -2.29. The van der Waals surface area contributed by atoms with E-state index in [0.717, 1.165) is 19.5 Å². The Labute approximate surface area is 143 Å². The molecule has 1 saturated heterocycles. The Morgan fingerprint density at radius 3 is 2.68 bits per heavy atom. The molecule has 3 heterocycles. The standard InChI is InChI=1S/C17H20N6O2/c1-21-13-14(22(2)17(25)20-15(13)24)19-16(21)18-11-8-9-23(10-11)12-6-4-3-5-7-12/h3-7,11H,8-10H2,1-2H3,(H,18,19)(H,20,24,25)/t11-/m1/s1. The van der Waals surface area contributed by atoms with Crippen molar-refractivity contribution in [3.8, 4) is 0 Å². The van der Waals surface area contributed by atoms with Crippen molar-refractivity contribution >= 4 is 22.8 Å². The average molecular weight is 340 g/mol. The molecule has 2 N–H and O–H groups in total. The molecule has 0 aliphatic carbocycles. The van der Waals surface area contributed by atoms with Gasteiger partial charge in [0.1, 0.15) is 0 Å². The van der Waals surface area contributed by atoms with Crippen LogP contribution in [0.3, 0.4) is 0 Å². The Bertz CT molecular complexity index is 1030. The van der Waals surface area contributed by atoms with Crippen LogP contribution in [0.1, 0.15) is 6.42 Å². The van der Waals surface area contributed by atoms with Gasteiger partial charge in [0.25, 0.3) is 5.56 Å². The molecule has 0 bridgehead atoms. The van der Waals surface area contributed by atoms with E-state index in [2.05, 4.69) is 32.3 Å². The Hall–Kier alpha value is -3.03. The van der Waals surface area contributed by atoms with Crippen molar-refractivity contribution in [1.82, 2.24) is 19.1 Å². The van der Waals surface area contributed by atoms with Crippen LogP contribution in [0.2, 0.25) is 0 Å². The zero-order valence-electron chi connectivity index (χ0n) is 14.2. The molecular formula is C17H20N6O2. The number of benzene rings is 1. The molecule has 8 nitrogen and oxygen atoms in total. The number of hydrogen-bond donors (Lipinski definition) is 2. The first-order chi connectivity index (χ1) is 12.0. The summed E-state index contributed by atoms with van der Waals surface area (Å²) < 4.78 is 3.06. The zero-order chi connectivity index (χ0) is 17.6. The van der Waals surface area contributed by atoms with Crippen LogP contribution in [0.25, 0.3) is 11.2 Å². The van der Waals surface area contributed by atoms with Crippen LogP contribution in [0.4, 0.5) is 11.6 Å². The Balaban J connectivity index is 1.61. The van der Waals surface area contributed by atoms with Crippen LogP contribution in [0.5, 0.6) is 0 Å². The van der Waals surface area contributed by atoms with Gasteiger partial charge in [-0.05, 0) is 18.6 Å². The Morgan fingerprint density at radius 2 is 1.92 bits per heavy atom. The molecule has 3 aromatic rings. The predicted molar refractivity (Wildman–Crippen MR) is 97.3 cm³/mol. The first-order valence-electron chi connectivity index (χ1n) is 8.27. The van der Waals surface area contributed by atoms with Crippen molar-refractivity contribution in [2.24, 2.45) is 14.1 Å². The molecule has 25 heavy (non-hydrogen) atoms. The Morgan fingerprint density at radius 1 is 1.16 bits per heavy atom. The summed E-state index contributed by atoms with van der Waals surface area (Å²) in [5.41, 5.74) is 1.10. The van der Waals surface area contributed by atoms with E-state index in [0.29, 0.717) is 17.1 Å². The molecule has 2 aromatic heterocycles. The highest BCUT2D eigenvalue weighted by Crippen LogP contribution is 2.22. The second-order valence-electron chi connectivity index (χ2n) is 6.40. The van der Waals surface area contributed by atoms with Gasteiger partial charge in [0, 0.05) is 38.9 Å². The van der Waals surface area contributed by atoms with Gasteiger partial charge in [0.2, 0.25) is 5.95 Å². The highest BCUT2D eigenvalue weighted by atomic mass is 16.2. The van der Waals surface area contributed by atoms with Gasteiger partial charge in [-0.2, -0.15) is 4.98 Å². The highest BCUT2D eigenvalue weighted by Gasteiger charge is 2.24. The lowest BCUT2D eigenvalue weighted by atomic mass is 10.3. The van der Waals surface area contributed by atoms with E-state index < -0.39 is 11.2 Å². The van der Waals surface area contributed by atoms with Crippen molar-refractivity contribution in [2.45, 2.75) is 12.5 Å². The fourth-order valence-electron chi connectivity index (χ4n) is 3.37. The number of aryl methyl sites for hydroxylation is 2. The molecule has 1 aliphatic heterocycles. The van der Waals surface area contributed by atoms with Crippen molar-refractivity contribution < 1.29 is 0 Å². The maximum absolute atomic E-state index is 12.1. The van der Waals surface area contributed by atoms with E-state index in [9.17, 15) is 9.59 Å². The van der Waals surface area contributed by atoms with Crippen LogP contribution >= 0.6 is 0 Å². The summed E-state index contributed by atoms with van der Waals surface area (Å²) in [5.74, 6) is 0.599. The van der Waals surface area contributed by atoms with E-state index in [1.165, 1.54) is 10.3 Å². The van der Waals surface area contributed by atoms with Crippen LogP contribution in [-0.4, -0.2) is 38.2 Å². The lowest BCUT2D eigenvalue weighted by molar-refractivity contribution is 0.777. The maximum Gasteiger partial charge on any atom is 0.329 e. The number of aromatic amines is 1. The minimum atomic E-state index is -0.460. The number of nitrogens with one attached hydrogen (secondary N) is 2. The smallest absolute Gasteiger partial charge is 0.329 e. The zero-order valence-corrected chi connectivity index (χ0v) is 14.2. The molecule has 0 radical (unpaired) electrons. The van der Waals surface area contributed by atoms with Crippen molar-refractivity contribution in [3.05, 3.63) is 51.2 Å². The molecule has 4 rings (SSSR count). The number of fused-ring (bicyclic) bond motifs is 1. The summed E-state index contributed by atoms with van der Waals surface area (Å²) in [5, 5.41) is 3.41. The van der Waals surface area contributed by atoms with Crippen LogP contribution in [0.15, 0.2) is 39.9 Å². The molecule has 8 heteroatoms. The van der Waals surface area contributed by atoms with E-state index in [1.54, 1.807) is 18.7 Å². The molecule has 1 fully saturated rings. The fourth-order valence-corrected chi connectivity index (χ4v) is 3.37. The summed E-state index contributed by atoms with van der Waals surface area (Å²) in [4.78, 5) is 33.0. The number of hydrogen-bond acceptors (Lipinski definition) is 5. The molecule has 1 atom stereocenters. The third-order valence-corrected chi connectivity index (χ3v) is 4.78. The first kappa shape index (κ1) is 15.5. The van der Waals surface area contributed by atoms with E-state index >= 15 is 0 Å². The average Bonchev–Trinajstić information content (AvgIpc) is 3.20. The molecule has 0 spiro atoms. The number of nitrogens with zero attached hydrogens (tertiary/aromatic N) is 4. The van der Waals surface area contributed by atoms with E-state index in [-0.39, 0.29) is 6.04 Å². The Kier molecular flexibility index (Phi) is 3.60. The topological polar surface area (TPSA) is 88.0 Å². The summed E-state index contributed by atoms with van der Waals surface area (Å²) in [6.45, 7) is 1.83. The van der Waals surface area contributed by atoms with Gasteiger partial charge in [-0.3, -0.25) is 14.3 Å². The van der Waals surface area contributed by atoms with E-state index in [1.807, 2.05) is 18.2 Å². The largest absolute Gasteiger partial charge is 0.369 e. The number of H-pyrrole nitrogens is 1. The molecular weight excluding hydrogens is 320 g/mol. The minimum Gasteiger partial charge on any atom is -0.369 e. The third kappa shape index (κ3) is 2.59. The van der Waals surface area contributed by atoms with E-state index in [4.69, 9.17) is 0 Å².